The minimum absolute atomic E-state index is 0.794. The lowest BCUT2D eigenvalue weighted by Crippen LogP contribution is -2.40. The molecule has 7 rings (SSSR count). The topological polar surface area (TPSA) is 12.5 Å². The Labute approximate surface area is 155 Å². The highest BCUT2D eigenvalue weighted by Crippen LogP contribution is 2.20. The summed E-state index contributed by atoms with van der Waals surface area (Å²) < 4.78 is 5.46. The normalized spacial score (nSPS) is 17.2. The van der Waals surface area contributed by atoms with Crippen LogP contribution in [0.1, 0.15) is 27.8 Å². The third-order valence-electron chi connectivity index (χ3n) is 5.38. The predicted molar refractivity (Wildman–Crippen MR) is 106 cm³/mol. The second kappa shape index (κ2) is 7.67. The number of ether oxygens (including phenoxy) is 1. The maximum absolute atomic E-state index is 5.76. The van der Waals surface area contributed by atoms with Gasteiger partial charge in [0.15, 0.2) is 0 Å². The number of morpholine rings is 1. The van der Waals surface area contributed by atoms with Crippen molar-refractivity contribution in [2.75, 3.05) is 26.3 Å². The van der Waals surface area contributed by atoms with Gasteiger partial charge in [-0.05, 0) is 53.5 Å². The van der Waals surface area contributed by atoms with E-state index in [2.05, 4.69) is 47.4 Å². The molecule has 3 heteroatoms. The third-order valence-corrected chi connectivity index (χ3v) is 5.79. The predicted octanol–water partition coefficient (Wildman–Crippen LogP) is 3.77. The summed E-state index contributed by atoms with van der Waals surface area (Å²) in [4.78, 5) is 3.38. The summed E-state index contributed by atoms with van der Waals surface area (Å²) in [5.41, 5.74) is 7.15. The summed E-state index contributed by atoms with van der Waals surface area (Å²) in [6.07, 6.45) is 5.26. The second-order valence-electron chi connectivity index (χ2n) is 7.09. The molecule has 2 nitrogen and oxygen atoms in total. The number of thiocarbonyl (C=S) groups is 1. The van der Waals surface area contributed by atoms with Gasteiger partial charge in [-0.1, -0.05) is 54.7 Å². The Kier molecular flexibility index (Phi) is 5.14. The van der Waals surface area contributed by atoms with Gasteiger partial charge in [0, 0.05) is 19.5 Å². The quantitative estimate of drug-likeness (QED) is 0.764. The molecule has 1 saturated heterocycles. The first-order chi connectivity index (χ1) is 12.3. The van der Waals surface area contributed by atoms with E-state index in [0.29, 0.717) is 0 Å². The van der Waals surface area contributed by atoms with E-state index < -0.39 is 0 Å². The van der Waals surface area contributed by atoms with Gasteiger partial charge in [-0.25, -0.2) is 0 Å². The number of aryl methyl sites for hydroxylation is 4. The summed E-state index contributed by atoms with van der Waals surface area (Å²) in [5, 5.41) is 0. The smallest absolute Gasteiger partial charge is 0.0825 e. The monoisotopic (exact) mass is 351 g/mol. The molecule has 1 aliphatic heterocycles. The highest BCUT2D eigenvalue weighted by atomic mass is 32.1. The molecule has 130 valence electrons. The van der Waals surface area contributed by atoms with Gasteiger partial charge < -0.3 is 9.64 Å². The summed E-state index contributed by atoms with van der Waals surface area (Å²) in [7, 11) is 0. The first-order valence-electron chi connectivity index (χ1n) is 9.32. The van der Waals surface area contributed by atoms with E-state index >= 15 is 0 Å². The fraction of sp³-hybridized carbons (Fsp3) is 0.409. The van der Waals surface area contributed by atoms with E-state index in [9.17, 15) is 0 Å². The lowest BCUT2D eigenvalue weighted by Gasteiger charge is -2.29. The van der Waals surface area contributed by atoms with Crippen LogP contribution in [-0.4, -0.2) is 36.2 Å². The van der Waals surface area contributed by atoms with Crippen molar-refractivity contribution >= 4 is 17.2 Å². The molecular formula is C22H25NOS. The maximum atomic E-state index is 5.76. The molecule has 0 radical (unpaired) electrons. The molecule has 5 aliphatic rings. The Morgan fingerprint density at radius 2 is 1.44 bits per heavy atom. The fourth-order valence-corrected chi connectivity index (χ4v) is 4.11. The molecule has 25 heavy (non-hydrogen) atoms. The lowest BCUT2D eigenvalue weighted by atomic mass is 9.92. The van der Waals surface area contributed by atoms with E-state index in [1.54, 1.807) is 0 Å². The van der Waals surface area contributed by atoms with Crippen molar-refractivity contribution in [2.45, 2.75) is 32.1 Å². The maximum Gasteiger partial charge on any atom is 0.0825 e. The average molecular weight is 352 g/mol. The molecule has 4 bridgehead atoms. The fourth-order valence-electron chi connectivity index (χ4n) is 3.77. The second-order valence-corrected chi connectivity index (χ2v) is 7.56. The van der Waals surface area contributed by atoms with Gasteiger partial charge in [0.25, 0.3) is 0 Å². The number of nitrogens with zero attached hydrogens (tertiary/aromatic N) is 1. The summed E-state index contributed by atoms with van der Waals surface area (Å²) in [6.45, 7) is 3.45. The van der Waals surface area contributed by atoms with Crippen LogP contribution in [0.3, 0.4) is 0 Å². The Balaban J connectivity index is 1.57. The molecule has 0 unspecified atom stereocenters. The Hall–Kier alpha value is -1.71. The van der Waals surface area contributed by atoms with Gasteiger partial charge in [-0.2, -0.15) is 0 Å². The minimum atomic E-state index is 0.794. The molecule has 0 atom stereocenters. The molecule has 2 aromatic rings. The molecular weight excluding hydrogens is 326 g/mol. The van der Waals surface area contributed by atoms with Crippen LogP contribution in [0, 0.1) is 0 Å². The molecule has 0 amide bonds. The van der Waals surface area contributed by atoms with Gasteiger partial charge in [0.1, 0.15) is 0 Å². The number of hydrogen-bond donors (Lipinski definition) is 0. The zero-order valence-corrected chi connectivity index (χ0v) is 15.5. The van der Waals surface area contributed by atoms with Gasteiger partial charge in [-0.3, -0.25) is 0 Å². The molecule has 2 aromatic carbocycles. The highest BCUT2D eigenvalue weighted by Gasteiger charge is 2.16. The summed E-state index contributed by atoms with van der Waals surface area (Å²) in [6, 6.07) is 16.2. The van der Waals surface area contributed by atoms with E-state index in [1.165, 1.54) is 27.8 Å². The van der Waals surface area contributed by atoms with Crippen molar-refractivity contribution in [1.82, 2.24) is 4.90 Å². The molecule has 0 saturated carbocycles. The standard InChI is InChI=1S/C22H25NOS/c25-22(23-11-13-24-14-12-23)16-21-15-19-6-5-17-1-3-18(4-2-17)7-9-20(21)10-8-19/h1-4,8,10,15H,5-7,9,11-14,16H2. The van der Waals surface area contributed by atoms with Crippen LogP contribution in [0.4, 0.5) is 0 Å². The Morgan fingerprint density at radius 1 is 0.840 bits per heavy atom. The van der Waals surface area contributed by atoms with Crippen molar-refractivity contribution in [3.05, 3.63) is 70.3 Å². The van der Waals surface area contributed by atoms with Crippen molar-refractivity contribution in [3.8, 4) is 0 Å². The highest BCUT2D eigenvalue weighted by molar-refractivity contribution is 7.80. The number of rotatable bonds is 2. The first-order valence-corrected chi connectivity index (χ1v) is 9.73. The summed E-state index contributed by atoms with van der Waals surface area (Å²) >= 11 is 5.76. The SMILES string of the molecule is S=C(Cc1cc2ccc1CCc1ccc(cc1)CC2)N1CCOCC1. The van der Waals surface area contributed by atoms with Crippen LogP contribution in [0.25, 0.3) is 0 Å². The van der Waals surface area contributed by atoms with Gasteiger partial charge >= 0.3 is 0 Å². The van der Waals surface area contributed by atoms with Crippen LogP contribution in [0.15, 0.2) is 42.5 Å². The van der Waals surface area contributed by atoms with Crippen molar-refractivity contribution < 1.29 is 4.74 Å². The van der Waals surface area contributed by atoms with Crippen LogP contribution in [0.5, 0.6) is 0 Å². The molecule has 1 heterocycles. The van der Waals surface area contributed by atoms with Crippen LogP contribution < -0.4 is 0 Å². The molecule has 0 N–H and O–H groups in total. The first kappa shape index (κ1) is 16.7. The van der Waals surface area contributed by atoms with Crippen molar-refractivity contribution in [2.24, 2.45) is 0 Å². The third kappa shape index (κ3) is 4.10. The number of hydrogen-bond acceptors (Lipinski definition) is 2. The van der Waals surface area contributed by atoms with Gasteiger partial charge in [0.2, 0.25) is 0 Å². The largest absolute Gasteiger partial charge is 0.378 e. The summed E-state index contributed by atoms with van der Waals surface area (Å²) in [5.74, 6) is 0. The zero-order chi connectivity index (χ0) is 17.1. The Bertz CT molecular complexity index is 747. The van der Waals surface area contributed by atoms with Crippen molar-refractivity contribution in [1.29, 1.82) is 0 Å². The van der Waals surface area contributed by atoms with Crippen LogP contribution >= 0.6 is 12.2 Å². The molecule has 4 aliphatic carbocycles. The van der Waals surface area contributed by atoms with Gasteiger partial charge in [-0.15, -0.1) is 0 Å². The lowest BCUT2D eigenvalue weighted by molar-refractivity contribution is 0.0684. The Morgan fingerprint density at radius 3 is 2.16 bits per heavy atom. The molecule has 0 spiro atoms. The number of benzene rings is 2. The van der Waals surface area contributed by atoms with E-state index in [4.69, 9.17) is 17.0 Å². The van der Waals surface area contributed by atoms with E-state index in [-0.39, 0.29) is 0 Å². The average Bonchev–Trinajstić information content (AvgIpc) is 2.65. The van der Waals surface area contributed by atoms with Crippen LogP contribution in [-0.2, 0) is 36.8 Å². The van der Waals surface area contributed by atoms with E-state index in [0.717, 1.165) is 63.4 Å². The molecule has 0 aromatic heterocycles. The van der Waals surface area contributed by atoms with Gasteiger partial charge in [0.05, 0.1) is 18.2 Å². The molecule has 1 fully saturated rings. The minimum Gasteiger partial charge on any atom is -0.378 e. The van der Waals surface area contributed by atoms with Crippen LogP contribution in [0.2, 0.25) is 0 Å². The zero-order valence-electron chi connectivity index (χ0n) is 14.7. The van der Waals surface area contributed by atoms with E-state index in [1.807, 2.05) is 0 Å². The van der Waals surface area contributed by atoms with Crippen molar-refractivity contribution in [3.63, 3.8) is 0 Å².